The van der Waals surface area contributed by atoms with E-state index in [1.807, 2.05) is 4.90 Å². The highest BCUT2D eigenvalue weighted by Gasteiger charge is 2.32. The van der Waals surface area contributed by atoms with Gasteiger partial charge in [0.25, 0.3) is 0 Å². The van der Waals surface area contributed by atoms with Gasteiger partial charge in [-0.1, -0.05) is 0 Å². The first kappa shape index (κ1) is 18.2. The molecule has 2 aromatic heterocycles. The summed E-state index contributed by atoms with van der Waals surface area (Å²) in [6, 6.07) is 2.14. The second kappa shape index (κ2) is 7.42. The molecule has 4 rings (SSSR count). The molecule has 2 aromatic rings. The maximum absolute atomic E-state index is 12.9. The van der Waals surface area contributed by atoms with E-state index in [4.69, 9.17) is 0 Å². The van der Waals surface area contributed by atoms with Gasteiger partial charge >= 0.3 is 0 Å². The van der Waals surface area contributed by atoms with Gasteiger partial charge in [0.2, 0.25) is 11.8 Å². The van der Waals surface area contributed by atoms with E-state index in [1.165, 1.54) is 4.88 Å². The highest BCUT2D eigenvalue weighted by atomic mass is 32.1. The van der Waals surface area contributed by atoms with Crippen molar-refractivity contribution in [1.29, 1.82) is 0 Å². The van der Waals surface area contributed by atoms with E-state index in [2.05, 4.69) is 27.9 Å². The lowest BCUT2D eigenvalue weighted by Crippen LogP contribution is -2.53. The van der Waals surface area contributed by atoms with Crippen LogP contribution in [0.3, 0.4) is 0 Å². The Morgan fingerprint density at radius 3 is 2.63 bits per heavy atom. The molecular weight excluding hydrogens is 362 g/mol. The second-order valence-corrected chi connectivity index (χ2v) is 8.62. The summed E-state index contributed by atoms with van der Waals surface area (Å²) in [6.45, 7) is 7.95. The van der Waals surface area contributed by atoms with E-state index in [9.17, 15) is 9.59 Å². The Morgan fingerprint density at radius 1 is 1.11 bits per heavy atom. The molecule has 27 heavy (non-hydrogen) atoms. The zero-order chi connectivity index (χ0) is 19.0. The second-order valence-electron chi connectivity index (χ2n) is 7.39. The van der Waals surface area contributed by atoms with Gasteiger partial charge in [-0.05, 0) is 25.8 Å². The molecule has 1 unspecified atom stereocenters. The Morgan fingerprint density at radius 2 is 1.89 bits per heavy atom. The lowest BCUT2D eigenvalue weighted by molar-refractivity contribution is -0.140. The number of carbonyl (C=O) groups is 2. The SMILES string of the molecule is CC(=O)N1CCCC(C(=O)N2CCN(c3ncnc4sc(C)cc34)CC2)C1. The van der Waals surface area contributed by atoms with Gasteiger partial charge < -0.3 is 14.7 Å². The van der Waals surface area contributed by atoms with Crippen LogP contribution in [0.5, 0.6) is 0 Å². The normalized spacial score (nSPS) is 21.0. The molecule has 4 heterocycles. The first-order valence-corrected chi connectivity index (χ1v) is 10.3. The topological polar surface area (TPSA) is 69.6 Å². The Labute approximate surface area is 163 Å². The number of likely N-dealkylation sites (tertiary alicyclic amines) is 1. The smallest absolute Gasteiger partial charge is 0.227 e. The minimum Gasteiger partial charge on any atom is -0.352 e. The average molecular weight is 388 g/mol. The zero-order valence-electron chi connectivity index (χ0n) is 15.8. The Hall–Kier alpha value is -2.22. The molecule has 0 aliphatic carbocycles. The molecule has 1 atom stereocenters. The van der Waals surface area contributed by atoms with Crippen molar-refractivity contribution in [3.8, 4) is 0 Å². The molecule has 2 amide bonds. The highest BCUT2D eigenvalue weighted by Crippen LogP contribution is 2.30. The lowest BCUT2D eigenvalue weighted by atomic mass is 9.96. The summed E-state index contributed by atoms with van der Waals surface area (Å²) in [7, 11) is 0. The van der Waals surface area contributed by atoms with Gasteiger partial charge in [-0.2, -0.15) is 0 Å². The molecule has 0 radical (unpaired) electrons. The van der Waals surface area contributed by atoms with Gasteiger partial charge in [-0.3, -0.25) is 9.59 Å². The number of hydrogen-bond donors (Lipinski definition) is 0. The van der Waals surface area contributed by atoms with Crippen molar-refractivity contribution >= 4 is 39.2 Å². The summed E-state index contributed by atoms with van der Waals surface area (Å²) in [5, 5.41) is 1.10. The van der Waals surface area contributed by atoms with E-state index in [0.717, 1.165) is 48.5 Å². The fourth-order valence-electron chi connectivity index (χ4n) is 4.08. The number of amides is 2. The standard InChI is InChI=1S/C19H25N5O2S/c1-13-10-16-17(20-12-21-18(16)27-13)22-6-8-23(9-7-22)19(26)15-4-3-5-24(11-15)14(2)25/h10,12,15H,3-9,11H2,1-2H3. The predicted molar refractivity (Wildman–Crippen MR) is 106 cm³/mol. The van der Waals surface area contributed by atoms with Crippen LogP contribution in [0, 0.1) is 12.8 Å². The minimum atomic E-state index is -0.0560. The molecule has 7 nitrogen and oxygen atoms in total. The number of carbonyl (C=O) groups excluding carboxylic acids is 2. The molecule has 0 N–H and O–H groups in total. The van der Waals surface area contributed by atoms with Crippen molar-refractivity contribution < 1.29 is 9.59 Å². The molecule has 0 bridgehead atoms. The van der Waals surface area contributed by atoms with Gasteiger partial charge in [0.15, 0.2) is 0 Å². The number of aromatic nitrogens is 2. The van der Waals surface area contributed by atoms with E-state index in [-0.39, 0.29) is 17.7 Å². The first-order valence-electron chi connectivity index (χ1n) is 9.53. The monoisotopic (exact) mass is 387 g/mol. The van der Waals surface area contributed by atoms with Crippen molar-refractivity contribution in [3.05, 3.63) is 17.3 Å². The third-order valence-electron chi connectivity index (χ3n) is 5.54. The number of aryl methyl sites for hydroxylation is 1. The van der Waals surface area contributed by atoms with Crippen LogP contribution in [0.15, 0.2) is 12.4 Å². The predicted octanol–water partition coefficient (Wildman–Crippen LogP) is 1.91. The number of fused-ring (bicyclic) bond motifs is 1. The van der Waals surface area contributed by atoms with Crippen LogP contribution in [0.1, 0.15) is 24.6 Å². The number of piperazine rings is 1. The molecule has 0 saturated carbocycles. The van der Waals surface area contributed by atoms with Crippen LogP contribution in [0.4, 0.5) is 5.82 Å². The summed E-state index contributed by atoms with van der Waals surface area (Å²) in [5.41, 5.74) is 0. The summed E-state index contributed by atoms with van der Waals surface area (Å²) in [6.07, 6.45) is 3.42. The highest BCUT2D eigenvalue weighted by molar-refractivity contribution is 7.18. The summed E-state index contributed by atoms with van der Waals surface area (Å²) in [5.74, 6) is 1.17. The number of anilines is 1. The minimum absolute atomic E-state index is 0.0560. The van der Waals surface area contributed by atoms with Gasteiger partial charge in [-0.15, -0.1) is 11.3 Å². The van der Waals surface area contributed by atoms with E-state index < -0.39 is 0 Å². The van der Waals surface area contributed by atoms with E-state index >= 15 is 0 Å². The number of hydrogen-bond acceptors (Lipinski definition) is 6. The Kier molecular flexibility index (Phi) is 4.99. The summed E-state index contributed by atoms with van der Waals surface area (Å²) < 4.78 is 0. The average Bonchev–Trinajstić information content (AvgIpc) is 3.08. The third kappa shape index (κ3) is 3.63. The number of rotatable bonds is 2. The van der Waals surface area contributed by atoms with Crippen LogP contribution in [0.25, 0.3) is 10.2 Å². The Bertz CT molecular complexity index is 859. The maximum atomic E-state index is 12.9. The molecule has 2 saturated heterocycles. The van der Waals surface area contributed by atoms with Crippen LogP contribution in [-0.2, 0) is 9.59 Å². The molecule has 0 aromatic carbocycles. The van der Waals surface area contributed by atoms with Gasteiger partial charge in [0.1, 0.15) is 17.0 Å². The molecule has 2 aliphatic rings. The van der Waals surface area contributed by atoms with Gasteiger partial charge in [0, 0.05) is 51.1 Å². The van der Waals surface area contributed by atoms with Crippen molar-refractivity contribution in [1.82, 2.24) is 19.8 Å². The molecular formula is C19H25N5O2S. The van der Waals surface area contributed by atoms with Crippen molar-refractivity contribution in [2.45, 2.75) is 26.7 Å². The zero-order valence-corrected chi connectivity index (χ0v) is 16.7. The van der Waals surface area contributed by atoms with Crippen LogP contribution < -0.4 is 4.90 Å². The quantitative estimate of drug-likeness (QED) is 0.787. The molecule has 2 fully saturated rings. The largest absolute Gasteiger partial charge is 0.352 e. The number of piperidine rings is 1. The van der Waals surface area contributed by atoms with Crippen LogP contribution >= 0.6 is 11.3 Å². The van der Waals surface area contributed by atoms with E-state index in [1.54, 1.807) is 29.5 Å². The van der Waals surface area contributed by atoms with Gasteiger partial charge in [0.05, 0.1) is 11.3 Å². The lowest BCUT2D eigenvalue weighted by Gasteiger charge is -2.39. The van der Waals surface area contributed by atoms with Crippen molar-refractivity contribution in [2.24, 2.45) is 5.92 Å². The number of thiophene rings is 1. The fraction of sp³-hybridized carbons (Fsp3) is 0.579. The first-order chi connectivity index (χ1) is 13.0. The maximum Gasteiger partial charge on any atom is 0.227 e. The van der Waals surface area contributed by atoms with E-state index in [0.29, 0.717) is 19.6 Å². The van der Waals surface area contributed by atoms with Crippen molar-refractivity contribution in [2.75, 3.05) is 44.2 Å². The molecule has 144 valence electrons. The molecule has 2 aliphatic heterocycles. The van der Waals surface area contributed by atoms with Gasteiger partial charge in [-0.25, -0.2) is 9.97 Å². The van der Waals surface area contributed by atoms with Crippen LogP contribution in [-0.4, -0.2) is 70.9 Å². The number of nitrogens with zero attached hydrogens (tertiary/aromatic N) is 5. The third-order valence-corrected chi connectivity index (χ3v) is 6.50. The molecule has 8 heteroatoms. The summed E-state index contributed by atoms with van der Waals surface area (Å²) in [4.78, 5) is 41.7. The van der Waals surface area contributed by atoms with Crippen molar-refractivity contribution in [3.63, 3.8) is 0 Å². The molecule has 0 spiro atoms. The fourth-order valence-corrected chi connectivity index (χ4v) is 4.92. The summed E-state index contributed by atoms with van der Waals surface area (Å²) >= 11 is 1.68. The Balaban J connectivity index is 1.41. The van der Waals surface area contributed by atoms with Crippen LogP contribution in [0.2, 0.25) is 0 Å².